The molecule has 0 spiro atoms. The van der Waals surface area contributed by atoms with E-state index in [0.717, 1.165) is 31.7 Å². The second-order valence-electron chi connectivity index (χ2n) is 6.69. The Morgan fingerprint density at radius 3 is 2.83 bits per heavy atom. The van der Waals surface area contributed by atoms with Crippen molar-refractivity contribution in [1.29, 1.82) is 0 Å². The molecular weight excluding hydrogens is 302 g/mol. The smallest absolute Gasteiger partial charge is 0.257 e. The van der Waals surface area contributed by atoms with Gasteiger partial charge in [0.2, 0.25) is 0 Å². The summed E-state index contributed by atoms with van der Waals surface area (Å²) in [6.07, 6.45) is 5.64. The lowest BCUT2D eigenvalue weighted by Crippen LogP contribution is -2.41. The standard InChI is InChI=1S/C19H25N3O2/c1-15(2)22-13-17(11-20-22)19(23)21-10-6-7-16(12-21)14-24-18-8-4-3-5-9-18/h3-5,8-9,11,13,15-16H,6-7,10,12,14H2,1-2H3. The van der Waals surface area contributed by atoms with Crippen molar-refractivity contribution < 1.29 is 9.53 Å². The zero-order valence-electron chi connectivity index (χ0n) is 14.4. The second-order valence-corrected chi connectivity index (χ2v) is 6.69. The highest BCUT2D eigenvalue weighted by Gasteiger charge is 2.25. The van der Waals surface area contributed by atoms with E-state index >= 15 is 0 Å². The Bertz CT molecular complexity index is 666. The Morgan fingerprint density at radius 2 is 2.12 bits per heavy atom. The van der Waals surface area contributed by atoms with Crippen molar-refractivity contribution in [3.05, 3.63) is 48.3 Å². The number of carbonyl (C=O) groups excluding carboxylic acids is 1. The number of nitrogens with zero attached hydrogens (tertiary/aromatic N) is 3. The fourth-order valence-corrected chi connectivity index (χ4v) is 3.03. The molecule has 3 rings (SSSR count). The topological polar surface area (TPSA) is 47.4 Å². The molecule has 1 fully saturated rings. The molecule has 1 unspecified atom stereocenters. The fourth-order valence-electron chi connectivity index (χ4n) is 3.03. The highest BCUT2D eigenvalue weighted by molar-refractivity contribution is 5.93. The minimum absolute atomic E-state index is 0.0753. The van der Waals surface area contributed by atoms with Crippen LogP contribution in [0, 0.1) is 5.92 Å². The lowest BCUT2D eigenvalue weighted by molar-refractivity contribution is 0.0633. The Kier molecular flexibility index (Phi) is 5.18. The first-order chi connectivity index (χ1) is 11.6. The van der Waals surface area contributed by atoms with E-state index in [9.17, 15) is 4.79 Å². The fraction of sp³-hybridized carbons (Fsp3) is 0.474. The summed E-state index contributed by atoms with van der Waals surface area (Å²) in [6, 6.07) is 10.1. The van der Waals surface area contributed by atoms with Crippen molar-refractivity contribution in [2.45, 2.75) is 32.7 Å². The van der Waals surface area contributed by atoms with Gasteiger partial charge < -0.3 is 9.64 Å². The van der Waals surface area contributed by atoms with E-state index in [1.165, 1.54) is 0 Å². The molecule has 1 aromatic carbocycles. The van der Waals surface area contributed by atoms with Crippen LogP contribution in [0.15, 0.2) is 42.7 Å². The van der Waals surface area contributed by atoms with Gasteiger partial charge in [-0.05, 0) is 38.8 Å². The van der Waals surface area contributed by atoms with Gasteiger partial charge in [-0.15, -0.1) is 0 Å². The van der Waals surface area contributed by atoms with Crippen molar-refractivity contribution >= 4 is 5.91 Å². The van der Waals surface area contributed by atoms with E-state index in [0.29, 0.717) is 18.1 Å². The summed E-state index contributed by atoms with van der Waals surface area (Å²) >= 11 is 0. The molecule has 0 saturated carbocycles. The molecule has 128 valence electrons. The summed E-state index contributed by atoms with van der Waals surface area (Å²) in [5.74, 6) is 1.34. The highest BCUT2D eigenvalue weighted by Crippen LogP contribution is 2.20. The van der Waals surface area contributed by atoms with Gasteiger partial charge in [-0.2, -0.15) is 5.10 Å². The molecule has 1 aliphatic heterocycles. The van der Waals surface area contributed by atoms with Crippen LogP contribution in [0.25, 0.3) is 0 Å². The molecule has 1 saturated heterocycles. The first-order valence-corrected chi connectivity index (χ1v) is 8.65. The molecule has 0 bridgehead atoms. The van der Waals surface area contributed by atoms with Gasteiger partial charge in [-0.1, -0.05) is 18.2 Å². The number of rotatable bonds is 5. The van der Waals surface area contributed by atoms with Crippen molar-refractivity contribution in [1.82, 2.24) is 14.7 Å². The number of hydrogen-bond acceptors (Lipinski definition) is 3. The van der Waals surface area contributed by atoms with Crippen LogP contribution in [0.4, 0.5) is 0 Å². The van der Waals surface area contributed by atoms with E-state index in [1.54, 1.807) is 6.20 Å². The van der Waals surface area contributed by atoms with E-state index in [-0.39, 0.29) is 11.9 Å². The molecular formula is C19H25N3O2. The van der Waals surface area contributed by atoms with E-state index in [2.05, 4.69) is 18.9 Å². The summed E-state index contributed by atoms with van der Waals surface area (Å²) in [4.78, 5) is 14.6. The largest absolute Gasteiger partial charge is 0.493 e. The first-order valence-electron chi connectivity index (χ1n) is 8.65. The molecule has 5 nitrogen and oxygen atoms in total. The van der Waals surface area contributed by atoms with Crippen LogP contribution < -0.4 is 4.74 Å². The molecule has 5 heteroatoms. The van der Waals surface area contributed by atoms with Gasteiger partial charge in [-0.25, -0.2) is 0 Å². The zero-order chi connectivity index (χ0) is 16.9. The lowest BCUT2D eigenvalue weighted by atomic mass is 9.98. The molecule has 0 aliphatic carbocycles. The average Bonchev–Trinajstić information content (AvgIpc) is 3.11. The van der Waals surface area contributed by atoms with Crippen LogP contribution in [-0.4, -0.2) is 40.3 Å². The van der Waals surface area contributed by atoms with Gasteiger partial charge in [0, 0.05) is 31.2 Å². The van der Waals surface area contributed by atoms with Crippen LogP contribution in [0.2, 0.25) is 0 Å². The monoisotopic (exact) mass is 327 g/mol. The van der Waals surface area contributed by atoms with Gasteiger partial charge in [-0.3, -0.25) is 9.48 Å². The third-order valence-corrected chi connectivity index (χ3v) is 4.41. The van der Waals surface area contributed by atoms with Crippen molar-refractivity contribution in [2.24, 2.45) is 5.92 Å². The number of likely N-dealkylation sites (tertiary alicyclic amines) is 1. The van der Waals surface area contributed by atoms with E-state index < -0.39 is 0 Å². The van der Waals surface area contributed by atoms with Gasteiger partial charge in [0.05, 0.1) is 18.4 Å². The van der Waals surface area contributed by atoms with Crippen LogP contribution in [-0.2, 0) is 0 Å². The maximum absolute atomic E-state index is 12.7. The van der Waals surface area contributed by atoms with Gasteiger partial charge >= 0.3 is 0 Å². The summed E-state index contributed by atoms with van der Waals surface area (Å²) in [5, 5.41) is 4.27. The molecule has 1 aliphatic rings. The maximum atomic E-state index is 12.7. The summed E-state index contributed by atoms with van der Waals surface area (Å²) in [7, 11) is 0. The molecule has 1 amide bonds. The number of ether oxygens (including phenoxy) is 1. The van der Waals surface area contributed by atoms with Crippen LogP contribution in [0.3, 0.4) is 0 Å². The molecule has 0 radical (unpaired) electrons. The predicted octanol–water partition coefficient (Wildman–Crippen LogP) is 3.40. The summed E-state index contributed by atoms with van der Waals surface area (Å²) < 4.78 is 7.69. The average molecular weight is 327 g/mol. The van der Waals surface area contributed by atoms with Gasteiger partial charge in [0.25, 0.3) is 5.91 Å². The quantitative estimate of drug-likeness (QED) is 0.845. The SMILES string of the molecule is CC(C)n1cc(C(=O)N2CCCC(COc3ccccc3)C2)cn1. The normalized spacial score (nSPS) is 18.0. The molecule has 24 heavy (non-hydrogen) atoms. The second kappa shape index (κ2) is 7.51. The van der Waals surface area contributed by atoms with Crippen molar-refractivity contribution in [3.63, 3.8) is 0 Å². The van der Waals surface area contributed by atoms with Crippen molar-refractivity contribution in [3.8, 4) is 5.75 Å². The molecule has 2 aromatic rings. The minimum Gasteiger partial charge on any atom is -0.493 e. The third kappa shape index (κ3) is 3.96. The minimum atomic E-state index is 0.0753. The highest BCUT2D eigenvalue weighted by atomic mass is 16.5. The summed E-state index contributed by atoms with van der Waals surface area (Å²) in [5.41, 5.74) is 0.674. The molecule has 0 N–H and O–H groups in total. The van der Waals surface area contributed by atoms with Crippen molar-refractivity contribution in [2.75, 3.05) is 19.7 Å². The first kappa shape index (κ1) is 16.6. The van der Waals surface area contributed by atoms with Gasteiger partial charge in [0.15, 0.2) is 0 Å². The Morgan fingerprint density at radius 1 is 1.33 bits per heavy atom. The van der Waals surface area contributed by atoms with E-state index in [1.807, 2.05) is 46.1 Å². The van der Waals surface area contributed by atoms with Crippen LogP contribution in [0.1, 0.15) is 43.1 Å². The van der Waals surface area contributed by atoms with Crippen LogP contribution in [0.5, 0.6) is 5.75 Å². The Labute approximate surface area is 143 Å². The van der Waals surface area contributed by atoms with E-state index in [4.69, 9.17) is 4.74 Å². The van der Waals surface area contributed by atoms with Gasteiger partial charge in [0.1, 0.15) is 5.75 Å². The Balaban J connectivity index is 1.57. The number of piperidine rings is 1. The number of carbonyl (C=O) groups is 1. The Hall–Kier alpha value is -2.30. The van der Waals surface area contributed by atoms with Crippen LogP contribution >= 0.6 is 0 Å². The molecule has 1 atom stereocenters. The predicted molar refractivity (Wildman–Crippen MR) is 93.2 cm³/mol. The zero-order valence-corrected chi connectivity index (χ0v) is 14.4. The molecule has 2 heterocycles. The number of hydrogen-bond donors (Lipinski definition) is 0. The summed E-state index contributed by atoms with van der Waals surface area (Å²) in [6.45, 7) is 6.32. The number of benzene rings is 1. The molecule has 1 aromatic heterocycles. The third-order valence-electron chi connectivity index (χ3n) is 4.41. The number of para-hydroxylation sites is 1. The maximum Gasteiger partial charge on any atom is 0.257 e. The number of aromatic nitrogens is 2. The lowest BCUT2D eigenvalue weighted by Gasteiger charge is -2.32. The number of amides is 1.